The number of hydrogen-bond acceptors (Lipinski definition) is 3. The molecule has 1 amide bonds. The van der Waals surface area contributed by atoms with Crippen molar-refractivity contribution in [3.05, 3.63) is 35.9 Å². The normalized spacial score (nSPS) is 9.89. The summed E-state index contributed by atoms with van der Waals surface area (Å²) >= 11 is 5.37. The second-order valence-corrected chi connectivity index (χ2v) is 4.15. The Balaban J connectivity index is 2.30. The van der Waals surface area contributed by atoms with Crippen LogP contribution in [0, 0.1) is 0 Å². The number of rotatable bonds is 6. The van der Waals surface area contributed by atoms with Crippen molar-refractivity contribution in [3.63, 3.8) is 0 Å². The van der Waals surface area contributed by atoms with E-state index in [0.717, 1.165) is 5.56 Å². The van der Waals surface area contributed by atoms with Crippen LogP contribution in [-0.2, 0) is 16.1 Å². The molecule has 0 aromatic heterocycles. The minimum absolute atomic E-state index is 0.0209. The van der Waals surface area contributed by atoms with Crippen molar-refractivity contribution in [2.45, 2.75) is 13.0 Å². The lowest BCUT2D eigenvalue weighted by atomic mass is 10.2. The molecule has 0 spiro atoms. The fourth-order valence-corrected chi connectivity index (χ4v) is 1.41. The first-order valence-electron chi connectivity index (χ1n) is 5.63. The number of hydrogen-bond donors (Lipinski definition) is 0. The molecule has 0 atom stereocenters. The zero-order chi connectivity index (χ0) is 13.4. The van der Waals surface area contributed by atoms with Gasteiger partial charge in [0.1, 0.15) is 12.4 Å². The summed E-state index contributed by atoms with van der Waals surface area (Å²) in [5.41, 5.74) is 0.927. The largest absolute Gasteiger partial charge is 0.445 e. The summed E-state index contributed by atoms with van der Waals surface area (Å²) < 4.78 is 5.10. The van der Waals surface area contributed by atoms with Crippen LogP contribution < -0.4 is 0 Å². The molecule has 0 fully saturated rings. The molecular formula is C13H16ClNO3. The van der Waals surface area contributed by atoms with Crippen molar-refractivity contribution < 1.29 is 14.3 Å². The summed E-state index contributed by atoms with van der Waals surface area (Å²) in [6.07, 6.45) is -0.193. The van der Waals surface area contributed by atoms with E-state index in [4.69, 9.17) is 16.3 Å². The Morgan fingerprint density at radius 3 is 2.56 bits per heavy atom. The van der Waals surface area contributed by atoms with Gasteiger partial charge in [0, 0.05) is 20.0 Å². The van der Waals surface area contributed by atoms with E-state index >= 15 is 0 Å². The van der Waals surface area contributed by atoms with Crippen LogP contribution in [0.3, 0.4) is 0 Å². The number of ketones is 1. The molecule has 0 radical (unpaired) electrons. The van der Waals surface area contributed by atoms with Crippen LogP contribution in [0.1, 0.15) is 12.0 Å². The van der Waals surface area contributed by atoms with Crippen LogP contribution in [0.25, 0.3) is 0 Å². The molecule has 4 nitrogen and oxygen atoms in total. The third-order valence-electron chi connectivity index (χ3n) is 2.39. The Bertz CT molecular complexity index is 394. The zero-order valence-corrected chi connectivity index (χ0v) is 11.0. The van der Waals surface area contributed by atoms with Gasteiger partial charge in [-0.1, -0.05) is 30.3 Å². The highest BCUT2D eigenvalue weighted by Gasteiger charge is 2.11. The first-order chi connectivity index (χ1) is 8.63. The number of alkyl halides is 1. The molecule has 0 heterocycles. The average molecular weight is 270 g/mol. The number of ether oxygens (including phenoxy) is 1. The van der Waals surface area contributed by atoms with Crippen LogP contribution in [0.15, 0.2) is 30.3 Å². The molecule has 0 aliphatic carbocycles. The molecule has 0 aliphatic rings. The molecule has 1 rings (SSSR count). The first-order valence-corrected chi connectivity index (χ1v) is 6.16. The maximum absolute atomic E-state index is 11.6. The van der Waals surface area contributed by atoms with Crippen LogP contribution in [0.2, 0.25) is 0 Å². The van der Waals surface area contributed by atoms with Crippen LogP contribution in [0.4, 0.5) is 4.79 Å². The Kier molecular flexibility index (Phi) is 6.22. The summed E-state index contributed by atoms with van der Waals surface area (Å²) in [5.74, 6) is -0.105. The summed E-state index contributed by atoms with van der Waals surface area (Å²) in [5, 5.41) is 0. The molecule has 1 aromatic carbocycles. The second-order valence-electron chi connectivity index (χ2n) is 3.88. The maximum atomic E-state index is 11.6. The topological polar surface area (TPSA) is 46.6 Å². The average Bonchev–Trinajstić information content (AvgIpc) is 2.42. The summed E-state index contributed by atoms with van der Waals surface area (Å²) in [7, 11) is 1.59. The highest BCUT2D eigenvalue weighted by atomic mass is 35.5. The lowest BCUT2D eigenvalue weighted by Gasteiger charge is -2.16. The molecule has 5 heteroatoms. The number of Topliss-reactive ketones (excluding diaryl/α,β-unsaturated/α-hetero) is 1. The number of amides is 1. The molecule has 0 bridgehead atoms. The number of carbonyl (C=O) groups excluding carboxylic acids is 2. The Morgan fingerprint density at radius 1 is 1.28 bits per heavy atom. The highest BCUT2D eigenvalue weighted by molar-refractivity contribution is 6.27. The van der Waals surface area contributed by atoms with Gasteiger partial charge in [-0.25, -0.2) is 4.79 Å². The van der Waals surface area contributed by atoms with Gasteiger partial charge in [0.25, 0.3) is 0 Å². The molecular weight excluding hydrogens is 254 g/mol. The monoisotopic (exact) mass is 269 g/mol. The Labute approximate surface area is 111 Å². The van der Waals surface area contributed by atoms with Gasteiger partial charge in [0.15, 0.2) is 0 Å². The van der Waals surface area contributed by atoms with Crippen LogP contribution >= 0.6 is 11.6 Å². The van der Waals surface area contributed by atoms with Crippen LogP contribution in [0.5, 0.6) is 0 Å². The van der Waals surface area contributed by atoms with Gasteiger partial charge >= 0.3 is 6.09 Å². The van der Waals surface area contributed by atoms with E-state index in [2.05, 4.69) is 0 Å². The number of benzene rings is 1. The lowest BCUT2D eigenvalue weighted by Crippen LogP contribution is -2.29. The summed E-state index contributed by atoms with van der Waals surface area (Å²) in [6.45, 7) is 0.548. The Morgan fingerprint density at radius 2 is 1.94 bits per heavy atom. The first kappa shape index (κ1) is 14.5. The molecule has 0 unspecified atom stereocenters. The molecule has 0 saturated carbocycles. The second kappa shape index (κ2) is 7.71. The van der Waals surface area contributed by atoms with Crippen molar-refractivity contribution in [3.8, 4) is 0 Å². The summed E-state index contributed by atoms with van der Waals surface area (Å²) in [6, 6.07) is 9.42. The van der Waals surface area contributed by atoms with Crippen LogP contribution in [-0.4, -0.2) is 36.2 Å². The SMILES string of the molecule is CN(CCC(=O)CCl)C(=O)OCc1ccccc1. The quantitative estimate of drug-likeness (QED) is 0.745. The summed E-state index contributed by atoms with van der Waals surface area (Å²) in [4.78, 5) is 24.0. The lowest BCUT2D eigenvalue weighted by molar-refractivity contribution is -0.116. The third-order valence-corrected chi connectivity index (χ3v) is 2.69. The van der Waals surface area contributed by atoms with E-state index < -0.39 is 6.09 Å². The van der Waals surface area contributed by atoms with E-state index in [1.807, 2.05) is 30.3 Å². The zero-order valence-electron chi connectivity index (χ0n) is 10.3. The van der Waals surface area contributed by atoms with Crippen molar-refractivity contribution in [1.29, 1.82) is 0 Å². The third kappa shape index (κ3) is 5.19. The van der Waals surface area contributed by atoms with Gasteiger partial charge in [-0.05, 0) is 5.56 Å². The van der Waals surface area contributed by atoms with Crippen molar-refractivity contribution in [1.82, 2.24) is 4.90 Å². The van der Waals surface area contributed by atoms with E-state index in [-0.39, 0.29) is 24.7 Å². The van der Waals surface area contributed by atoms with Gasteiger partial charge in [0.05, 0.1) is 5.88 Å². The van der Waals surface area contributed by atoms with Gasteiger partial charge < -0.3 is 9.64 Å². The fraction of sp³-hybridized carbons (Fsp3) is 0.385. The molecule has 1 aromatic rings. The number of nitrogens with zero attached hydrogens (tertiary/aromatic N) is 1. The van der Waals surface area contributed by atoms with Crippen molar-refractivity contribution in [2.75, 3.05) is 19.5 Å². The molecule has 0 saturated heterocycles. The van der Waals surface area contributed by atoms with E-state index in [9.17, 15) is 9.59 Å². The highest BCUT2D eigenvalue weighted by Crippen LogP contribution is 2.03. The minimum atomic E-state index is -0.443. The molecule has 0 aliphatic heterocycles. The van der Waals surface area contributed by atoms with Gasteiger partial charge in [-0.3, -0.25) is 4.79 Å². The predicted molar refractivity (Wildman–Crippen MR) is 69.6 cm³/mol. The Hall–Kier alpha value is -1.55. The standard InChI is InChI=1S/C13H16ClNO3/c1-15(8-7-12(16)9-14)13(17)18-10-11-5-3-2-4-6-11/h2-6H,7-10H2,1H3. The molecule has 98 valence electrons. The molecule has 18 heavy (non-hydrogen) atoms. The smallest absolute Gasteiger partial charge is 0.409 e. The van der Waals surface area contributed by atoms with Gasteiger partial charge in [-0.2, -0.15) is 0 Å². The van der Waals surface area contributed by atoms with Gasteiger partial charge in [0.2, 0.25) is 0 Å². The van der Waals surface area contributed by atoms with Crippen molar-refractivity contribution in [2.24, 2.45) is 0 Å². The van der Waals surface area contributed by atoms with Gasteiger partial charge in [-0.15, -0.1) is 11.6 Å². The fourth-order valence-electron chi connectivity index (χ4n) is 1.28. The van der Waals surface area contributed by atoms with E-state index in [1.165, 1.54) is 4.90 Å². The maximum Gasteiger partial charge on any atom is 0.409 e. The van der Waals surface area contributed by atoms with E-state index in [0.29, 0.717) is 6.54 Å². The van der Waals surface area contributed by atoms with E-state index in [1.54, 1.807) is 7.05 Å². The minimum Gasteiger partial charge on any atom is -0.445 e. The molecule has 0 N–H and O–H groups in total. The number of halogens is 1. The van der Waals surface area contributed by atoms with Crippen molar-refractivity contribution >= 4 is 23.5 Å². The predicted octanol–water partition coefficient (Wildman–Crippen LogP) is 2.45. The number of carbonyl (C=O) groups is 2.